The summed E-state index contributed by atoms with van der Waals surface area (Å²) in [5.41, 5.74) is 2.48. The van der Waals surface area contributed by atoms with Gasteiger partial charge in [0.2, 0.25) is 0 Å². The molecular formula is C23H21ClFN5O. The van der Waals surface area contributed by atoms with E-state index in [1.54, 1.807) is 31.6 Å². The minimum absolute atomic E-state index is 0.183. The maximum absolute atomic E-state index is 13.3. The average Bonchev–Trinajstić information content (AvgIpc) is 3.36. The van der Waals surface area contributed by atoms with E-state index in [4.69, 9.17) is 11.6 Å². The van der Waals surface area contributed by atoms with E-state index in [1.807, 2.05) is 41.1 Å². The number of nitrogens with zero attached hydrogens (tertiary/aromatic N) is 4. The summed E-state index contributed by atoms with van der Waals surface area (Å²) in [6.45, 7) is 2.28. The normalized spacial score (nSPS) is 12.0. The van der Waals surface area contributed by atoms with Crippen LogP contribution in [0.1, 0.15) is 21.6 Å². The number of carbonyl (C=O) groups is 1. The Kier molecular flexibility index (Phi) is 6.13. The summed E-state index contributed by atoms with van der Waals surface area (Å²) in [7, 11) is 0. The quantitative estimate of drug-likeness (QED) is 0.471. The van der Waals surface area contributed by atoms with E-state index in [1.165, 1.54) is 16.8 Å². The first-order valence-electron chi connectivity index (χ1n) is 9.83. The number of aromatic nitrogens is 4. The minimum Gasteiger partial charge on any atom is -0.347 e. The van der Waals surface area contributed by atoms with Crippen LogP contribution in [0, 0.1) is 12.7 Å². The molecule has 8 heteroatoms. The molecule has 1 amide bonds. The van der Waals surface area contributed by atoms with Crippen LogP contribution in [-0.4, -0.2) is 31.3 Å². The van der Waals surface area contributed by atoms with Crippen LogP contribution in [-0.2, 0) is 13.0 Å². The Balaban J connectivity index is 1.58. The van der Waals surface area contributed by atoms with Gasteiger partial charge in [-0.05, 0) is 43.2 Å². The number of aryl methyl sites for hydroxylation is 1. The number of imidazole rings is 1. The van der Waals surface area contributed by atoms with E-state index in [0.717, 1.165) is 5.56 Å². The van der Waals surface area contributed by atoms with Gasteiger partial charge < -0.3 is 9.88 Å². The predicted octanol–water partition coefficient (Wildman–Crippen LogP) is 4.21. The van der Waals surface area contributed by atoms with Crippen molar-refractivity contribution in [3.05, 3.63) is 101 Å². The van der Waals surface area contributed by atoms with Gasteiger partial charge in [0.1, 0.15) is 11.0 Å². The van der Waals surface area contributed by atoms with E-state index in [9.17, 15) is 9.18 Å². The minimum atomic E-state index is -0.357. The van der Waals surface area contributed by atoms with Crippen molar-refractivity contribution in [1.29, 1.82) is 0 Å². The summed E-state index contributed by atoms with van der Waals surface area (Å²) in [5, 5.41) is 7.66. The van der Waals surface area contributed by atoms with Crippen LogP contribution >= 0.6 is 11.6 Å². The first-order valence-corrected chi connectivity index (χ1v) is 10.2. The highest BCUT2D eigenvalue weighted by Gasteiger charge is 2.24. The highest BCUT2D eigenvalue weighted by molar-refractivity contribution is 6.33. The van der Waals surface area contributed by atoms with Crippen molar-refractivity contribution >= 4 is 17.5 Å². The van der Waals surface area contributed by atoms with E-state index < -0.39 is 0 Å². The van der Waals surface area contributed by atoms with E-state index in [2.05, 4.69) is 15.4 Å². The number of hydrogen-bond donors (Lipinski definition) is 1. The van der Waals surface area contributed by atoms with Gasteiger partial charge in [-0.25, -0.2) is 14.1 Å². The molecule has 0 bridgehead atoms. The van der Waals surface area contributed by atoms with Crippen molar-refractivity contribution in [2.24, 2.45) is 0 Å². The predicted molar refractivity (Wildman–Crippen MR) is 117 cm³/mol. The van der Waals surface area contributed by atoms with Gasteiger partial charge in [0.15, 0.2) is 0 Å². The zero-order valence-corrected chi connectivity index (χ0v) is 17.6. The number of benzene rings is 2. The van der Waals surface area contributed by atoms with Gasteiger partial charge in [0, 0.05) is 18.9 Å². The van der Waals surface area contributed by atoms with Crippen LogP contribution in [0.4, 0.5) is 4.39 Å². The van der Waals surface area contributed by atoms with Crippen LogP contribution < -0.4 is 5.32 Å². The molecule has 2 aromatic carbocycles. The largest absolute Gasteiger partial charge is 0.347 e. The van der Waals surface area contributed by atoms with Crippen LogP contribution in [0.25, 0.3) is 5.69 Å². The molecular weight excluding hydrogens is 417 g/mol. The summed E-state index contributed by atoms with van der Waals surface area (Å²) in [4.78, 5) is 17.3. The second kappa shape index (κ2) is 9.14. The molecule has 31 heavy (non-hydrogen) atoms. The fourth-order valence-electron chi connectivity index (χ4n) is 3.48. The van der Waals surface area contributed by atoms with Crippen molar-refractivity contribution in [3.8, 4) is 5.69 Å². The van der Waals surface area contributed by atoms with Gasteiger partial charge in [0.05, 0.1) is 29.3 Å². The Morgan fingerprint density at radius 2 is 1.90 bits per heavy atom. The Labute approximate surface area is 184 Å². The molecule has 0 spiro atoms. The van der Waals surface area contributed by atoms with Crippen LogP contribution in [0.3, 0.4) is 0 Å². The highest BCUT2D eigenvalue weighted by atomic mass is 35.5. The third kappa shape index (κ3) is 4.83. The van der Waals surface area contributed by atoms with Crippen LogP contribution in [0.2, 0.25) is 5.15 Å². The molecule has 0 aliphatic carbocycles. The summed E-state index contributed by atoms with van der Waals surface area (Å²) >= 11 is 6.52. The van der Waals surface area contributed by atoms with Gasteiger partial charge in [-0.3, -0.25) is 4.79 Å². The van der Waals surface area contributed by atoms with Gasteiger partial charge in [-0.15, -0.1) is 0 Å². The number of rotatable bonds is 7. The van der Waals surface area contributed by atoms with Crippen molar-refractivity contribution in [2.45, 2.75) is 25.9 Å². The first kappa shape index (κ1) is 20.8. The highest BCUT2D eigenvalue weighted by Crippen LogP contribution is 2.24. The van der Waals surface area contributed by atoms with Crippen molar-refractivity contribution < 1.29 is 9.18 Å². The zero-order chi connectivity index (χ0) is 21.8. The van der Waals surface area contributed by atoms with E-state index in [-0.39, 0.29) is 22.9 Å². The van der Waals surface area contributed by atoms with E-state index >= 15 is 0 Å². The fraction of sp³-hybridized carbons (Fsp3) is 0.174. The second-order valence-corrected chi connectivity index (χ2v) is 7.62. The SMILES string of the molecule is Cc1nn(-c2ccc(F)cc2)c(Cl)c1C(=O)N[C@@H](Cc1ccccc1)Cn1ccnc1. The number of halogens is 2. The second-order valence-electron chi connectivity index (χ2n) is 7.26. The summed E-state index contributed by atoms with van der Waals surface area (Å²) < 4.78 is 16.6. The third-order valence-corrected chi connectivity index (χ3v) is 5.30. The van der Waals surface area contributed by atoms with Gasteiger partial charge in [-0.1, -0.05) is 41.9 Å². The van der Waals surface area contributed by atoms with Gasteiger partial charge >= 0.3 is 0 Å². The Morgan fingerprint density at radius 3 is 2.58 bits per heavy atom. The van der Waals surface area contributed by atoms with E-state index in [0.29, 0.717) is 29.9 Å². The molecule has 2 heterocycles. The summed E-state index contributed by atoms with van der Waals surface area (Å²) in [5.74, 6) is -0.665. The van der Waals surface area contributed by atoms with Gasteiger partial charge in [0.25, 0.3) is 5.91 Å². The molecule has 1 atom stereocenters. The fourth-order valence-corrected chi connectivity index (χ4v) is 3.84. The molecule has 4 aromatic rings. The van der Waals surface area contributed by atoms with Crippen molar-refractivity contribution in [2.75, 3.05) is 0 Å². The average molecular weight is 438 g/mol. The molecule has 0 fully saturated rings. The first-order chi connectivity index (χ1) is 15.0. The molecule has 0 aliphatic heterocycles. The molecule has 0 saturated carbocycles. The standard InChI is InChI=1S/C23H21ClFN5O/c1-16-21(22(24)30(28-16)20-9-7-18(25)8-10-20)23(31)27-19(14-29-12-11-26-15-29)13-17-5-3-2-4-6-17/h2-12,15,19H,13-14H2,1H3,(H,27,31)/t19-/m0/s1. The molecule has 0 unspecified atom stereocenters. The Bertz CT molecular complexity index is 1160. The molecule has 4 rings (SSSR count). The Morgan fingerprint density at radius 1 is 1.16 bits per heavy atom. The van der Waals surface area contributed by atoms with Crippen LogP contribution in [0.5, 0.6) is 0 Å². The molecule has 0 saturated heterocycles. The van der Waals surface area contributed by atoms with Crippen molar-refractivity contribution in [3.63, 3.8) is 0 Å². The maximum Gasteiger partial charge on any atom is 0.256 e. The number of hydrogen-bond acceptors (Lipinski definition) is 3. The molecule has 0 radical (unpaired) electrons. The zero-order valence-electron chi connectivity index (χ0n) is 16.9. The third-order valence-electron chi connectivity index (χ3n) is 4.95. The number of carbonyl (C=O) groups excluding carboxylic acids is 1. The lowest BCUT2D eigenvalue weighted by Crippen LogP contribution is -2.39. The maximum atomic E-state index is 13.3. The molecule has 1 N–H and O–H groups in total. The number of nitrogens with one attached hydrogen (secondary N) is 1. The molecule has 2 aromatic heterocycles. The lowest BCUT2D eigenvalue weighted by Gasteiger charge is -2.19. The molecule has 0 aliphatic rings. The van der Waals surface area contributed by atoms with Crippen LogP contribution in [0.15, 0.2) is 73.3 Å². The van der Waals surface area contributed by atoms with Crippen molar-refractivity contribution in [1.82, 2.24) is 24.6 Å². The number of amides is 1. The summed E-state index contributed by atoms with van der Waals surface area (Å²) in [6, 6.07) is 15.5. The Hall–Kier alpha value is -3.45. The lowest BCUT2D eigenvalue weighted by atomic mass is 10.1. The lowest BCUT2D eigenvalue weighted by molar-refractivity contribution is 0.0932. The topological polar surface area (TPSA) is 64.7 Å². The molecule has 6 nitrogen and oxygen atoms in total. The summed E-state index contributed by atoms with van der Waals surface area (Å²) in [6.07, 6.45) is 5.92. The van der Waals surface area contributed by atoms with Gasteiger partial charge in [-0.2, -0.15) is 5.10 Å². The smallest absolute Gasteiger partial charge is 0.256 e. The molecule has 158 valence electrons. The monoisotopic (exact) mass is 437 g/mol.